The quantitative estimate of drug-likeness (QED) is 0.420. The van der Waals surface area contributed by atoms with Crippen LogP contribution in [0.25, 0.3) is 5.69 Å². The zero-order valence-electron chi connectivity index (χ0n) is 19.2. The van der Waals surface area contributed by atoms with Gasteiger partial charge in [-0.15, -0.1) is 16.4 Å². The molecule has 0 unspecified atom stereocenters. The molecule has 0 aliphatic rings. The van der Waals surface area contributed by atoms with Gasteiger partial charge in [0.1, 0.15) is 0 Å². The van der Waals surface area contributed by atoms with Crippen LogP contribution in [0.5, 0.6) is 0 Å². The van der Waals surface area contributed by atoms with E-state index >= 15 is 0 Å². The summed E-state index contributed by atoms with van der Waals surface area (Å²) in [7, 11) is -3.73. The van der Waals surface area contributed by atoms with Gasteiger partial charge >= 0.3 is 0 Å². The van der Waals surface area contributed by atoms with Gasteiger partial charge in [0.05, 0.1) is 22.0 Å². The number of benzene rings is 2. The van der Waals surface area contributed by atoms with Gasteiger partial charge in [-0.1, -0.05) is 29.5 Å². The number of aryl methyl sites for hydroxylation is 3. The zero-order valence-corrected chi connectivity index (χ0v) is 20.8. The lowest BCUT2D eigenvalue weighted by Crippen LogP contribution is -2.14. The molecule has 11 heteroatoms. The van der Waals surface area contributed by atoms with Gasteiger partial charge in [0.2, 0.25) is 10.0 Å². The Morgan fingerprint density at radius 1 is 1.09 bits per heavy atom. The van der Waals surface area contributed by atoms with Gasteiger partial charge in [-0.05, 0) is 62.6 Å². The number of rotatable bonds is 6. The molecule has 3 N–H and O–H groups in total. The smallest absolute Gasteiger partial charge is 0.279 e. The number of nitrogens with two attached hydrogens (primary N) is 1. The van der Waals surface area contributed by atoms with E-state index in [-0.39, 0.29) is 16.5 Å². The Kier molecular flexibility index (Phi) is 6.34. The van der Waals surface area contributed by atoms with Crippen LogP contribution in [-0.4, -0.2) is 34.3 Å². The van der Waals surface area contributed by atoms with Crippen LogP contribution >= 0.6 is 11.3 Å². The summed E-state index contributed by atoms with van der Waals surface area (Å²) in [5.74, 6) is -0.383. The van der Waals surface area contributed by atoms with Crippen LogP contribution in [0.2, 0.25) is 0 Å². The molecule has 0 spiro atoms. The molecule has 2 aromatic heterocycles. The highest BCUT2D eigenvalue weighted by molar-refractivity contribution is 7.89. The molecule has 176 valence electrons. The fourth-order valence-electron chi connectivity index (χ4n) is 3.50. The van der Waals surface area contributed by atoms with E-state index in [0.717, 1.165) is 32.9 Å². The number of aromatic nitrogens is 4. The fourth-order valence-corrected chi connectivity index (χ4v) is 5.01. The van der Waals surface area contributed by atoms with Crippen molar-refractivity contribution in [3.63, 3.8) is 0 Å². The Labute approximate surface area is 201 Å². The van der Waals surface area contributed by atoms with Gasteiger partial charge in [0.25, 0.3) is 5.91 Å². The Morgan fingerprint density at radius 3 is 2.47 bits per heavy atom. The molecule has 0 aliphatic heterocycles. The van der Waals surface area contributed by atoms with Crippen molar-refractivity contribution >= 4 is 32.4 Å². The monoisotopic (exact) mass is 496 g/mol. The second kappa shape index (κ2) is 9.09. The molecule has 0 bridgehead atoms. The number of anilines is 1. The number of amides is 1. The standard InChI is InChI=1S/C23H24N6O3S2/c1-13-5-6-14(2)19(11-13)29-16(4)21(27-28-29)22(30)26-23-25-15(3)20(33-23)12-17-7-9-18(10-8-17)34(24,31)32/h5-11H,12H2,1-4H3,(H2,24,31,32)(H,25,26,30). The third kappa shape index (κ3) is 4.91. The first-order valence-corrected chi connectivity index (χ1v) is 12.8. The normalized spacial score (nSPS) is 11.6. The van der Waals surface area contributed by atoms with E-state index in [9.17, 15) is 13.2 Å². The highest BCUT2D eigenvalue weighted by Crippen LogP contribution is 2.26. The molecule has 9 nitrogen and oxygen atoms in total. The molecule has 2 aromatic carbocycles. The lowest BCUT2D eigenvalue weighted by atomic mass is 10.1. The van der Waals surface area contributed by atoms with Crippen molar-refractivity contribution in [1.29, 1.82) is 0 Å². The summed E-state index contributed by atoms with van der Waals surface area (Å²) < 4.78 is 24.5. The largest absolute Gasteiger partial charge is 0.296 e. The minimum atomic E-state index is -3.73. The number of carbonyl (C=O) groups is 1. The third-order valence-electron chi connectivity index (χ3n) is 5.43. The maximum atomic E-state index is 12.9. The van der Waals surface area contributed by atoms with Crippen LogP contribution in [0.4, 0.5) is 5.13 Å². The fraction of sp³-hybridized carbons (Fsp3) is 0.217. The topological polar surface area (TPSA) is 133 Å². The van der Waals surface area contributed by atoms with Crippen molar-refractivity contribution in [2.75, 3.05) is 5.32 Å². The van der Waals surface area contributed by atoms with Crippen molar-refractivity contribution < 1.29 is 13.2 Å². The molecular weight excluding hydrogens is 472 g/mol. The Morgan fingerprint density at radius 2 is 1.79 bits per heavy atom. The molecule has 1 amide bonds. The summed E-state index contributed by atoms with van der Waals surface area (Å²) in [6.07, 6.45) is 0.548. The first kappa shape index (κ1) is 23.7. The van der Waals surface area contributed by atoms with Crippen molar-refractivity contribution in [2.24, 2.45) is 5.14 Å². The predicted molar refractivity (Wildman–Crippen MR) is 131 cm³/mol. The molecule has 0 radical (unpaired) electrons. The maximum absolute atomic E-state index is 12.9. The average molecular weight is 497 g/mol. The number of primary sulfonamides is 1. The van der Waals surface area contributed by atoms with E-state index < -0.39 is 10.0 Å². The summed E-state index contributed by atoms with van der Waals surface area (Å²) >= 11 is 1.36. The van der Waals surface area contributed by atoms with E-state index in [1.807, 2.05) is 39.0 Å². The second-order valence-corrected chi connectivity index (χ2v) is 10.7. The molecule has 0 aliphatic carbocycles. The SMILES string of the molecule is Cc1ccc(C)c(-n2nnc(C(=O)Nc3nc(C)c(Cc4ccc(S(N)(=O)=O)cc4)s3)c2C)c1. The number of hydrogen-bond donors (Lipinski definition) is 2. The van der Waals surface area contributed by atoms with Crippen LogP contribution < -0.4 is 10.5 Å². The summed E-state index contributed by atoms with van der Waals surface area (Å²) in [6.45, 7) is 7.65. The highest BCUT2D eigenvalue weighted by atomic mass is 32.2. The molecule has 4 aromatic rings. The summed E-state index contributed by atoms with van der Waals surface area (Å²) in [5.41, 5.74) is 5.55. The van der Waals surface area contributed by atoms with E-state index in [2.05, 4.69) is 20.6 Å². The van der Waals surface area contributed by atoms with E-state index in [4.69, 9.17) is 5.14 Å². The molecular formula is C23H24N6O3S2. The Hall–Kier alpha value is -3.41. The van der Waals surface area contributed by atoms with E-state index in [1.165, 1.54) is 23.5 Å². The number of carbonyl (C=O) groups excluding carboxylic acids is 1. The number of thiazole rings is 1. The van der Waals surface area contributed by atoms with Gasteiger partial charge in [-0.25, -0.2) is 23.2 Å². The maximum Gasteiger partial charge on any atom is 0.279 e. The summed E-state index contributed by atoms with van der Waals surface area (Å²) in [6, 6.07) is 12.4. The minimum Gasteiger partial charge on any atom is -0.296 e. The number of nitrogens with one attached hydrogen (secondary N) is 1. The van der Waals surface area contributed by atoms with Crippen LogP contribution in [0, 0.1) is 27.7 Å². The van der Waals surface area contributed by atoms with E-state index in [0.29, 0.717) is 17.2 Å². The van der Waals surface area contributed by atoms with Gasteiger partial charge in [0, 0.05) is 11.3 Å². The van der Waals surface area contributed by atoms with Crippen molar-refractivity contribution in [2.45, 2.75) is 39.0 Å². The lowest BCUT2D eigenvalue weighted by molar-refractivity contribution is 0.102. The van der Waals surface area contributed by atoms with Gasteiger partial charge < -0.3 is 0 Å². The van der Waals surface area contributed by atoms with Gasteiger partial charge in [-0.2, -0.15) is 0 Å². The van der Waals surface area contributed by atoms with E-state index in [1.54, 1.807) is 23.7 Å². The van der Waals surface area contributed by atoms with Gasteiger partial charge in [0.15, 0.2) is 10.8 Å². The predicted octanol–water partition coefficient (Wildman–Crippen LogP) is 3.45. The van der Waals surface area contributed by atoms with Crippen molar-refractivity contribution in [3.05, 3.63) is 81.1 Å². The highest BCUT2D eigenvalue weighted by Gasteiger charge is 2.20. The van der Waals surface area contributed by atoms with Crippen LogP contribution in [-0.2, 0) is 16.4 Å². The Balaban J connectivity index is 1.51. The molecule has 0 saturated carbocycles. The first-order chi connectivity index (χ1) is 16.0. The molecule has 0 saturated heterocycles. The molecule has 0 atom stereocenters. The number of sulfonamides is 1. The number of nitrogens with zero attached hydrogens (tertiary/aromatic N) is 4. The summed E-state index contributed by atoms with van der Waals surface area (Å²) in [4.78, 5) is 18.4. The molecule has 2 heterocycles. The van der Waals surface area contributed by atoms with Crippen LogP contribution in [0.3, 0.4) is 0 Å². The molecule has 4 rings (SSSR count). The van der Waals surface area contributed by atoms with Gasteiger partial charge in [-0.3, -0.25) is 10.1 Å². The first-order valence-electron chi connectivity index (χ1n) is 10.4. The molecule has 34 heavy (non-hydrogen) atoms. The minimum absolute atomic E-state index is 0.0644. The molecule has 0 fully saturated rings. The lowest BCUT2D eigenvalue weighted by Gasteiger charge is -2.08. The van der Waals surface area contributed by atoms with Crippen molar-refractivity contribution in [3.8, 4) is 5.69 Å². The average Bonchev–Trinajstić information content (AvgIpc) is 3.31. The Bertz CT molecular complexity index is 1490. The third-order valence-corrected chi connectivity index (χ3v) is 7.43. The zero-order chi connectivity index (χ0) is 24.6. The van der Waals surface area contributed by atoms with Crippen LogP contribution in [0.1, 0.15) is 43.4 Å². The number of hydrogen-bond acceptors (Lipinski definition) is 7. The van der Waals surface area contributed by atoms with Crippen molar-refractivity contribution in [1.82, 2.24) is 20.0 Å². The summed E-state index contributed by atoms with van der Waals surface area (Å²) in [5, 5.41) is 16.7. The van der Waals surface area contributed by atoms with Crippen LogP contribution in [0.15, 0.2) is 47.4 Å². The second-order valence-electron chi connectivity index (χ2n) is 8.07.